The van der Waals surface area contributed by atoms with Crippen LogP contribution in [0.15, 0.2) is 24.3 Å². The van der Waals surface area contributed by atoms with E-state index in [9.17, 15) is 0 Å². The molecule has 0 bridgehead atoms. The van der Waals surface area contributed by atoms with Crippen molar-refractivity contribution in [2.45, 2.75) is 45.6 Å². The molecule has 0 spiro atoms. The molecular formula is C17H24ClN3. The van der Waals surface area contributed by atoms with Gasteiger partial charge in [-0.25, -0.2) is 0 Å². The second kappa shape index (κ2) is 5.82. The fourth-order valence-electron chi connectivity index (χ4n) is 2.46. The molecule has 2 N–H and O–H groups in total. The lowest BCUT2D eigenvalue weighted by Crippen LogP contribution is -2.16. The van der Waals surface area contributed by atoms with Crippen molar-refractivity contribution in [3.63, 3.8) is 0 Å². The first-order valence-corrected chi connectivity index (χ1v) is 7.62. The van der Waals surface area contributed by atoms with Crippen LogP contribution in [0.2, 0.25) is 5.02 Å². The number of aryl methyl sites for hydroxylation is 2. The Morgan fingerprint density at radius 3 is 2.24 bits per heavy atom. The van der Waals surface area contributed by atoms with E-state index >= 15 is 0 Å². The number of nitrogens with zero attached hydrogens (tertiary/aromatic N) is 2. The fraction of sp³-hybridized carbons (Fsp3) is 0.471. The molecule has 1 aromatic heterocycles. The van der Waals surface area contributed by atoms with Gasteiger partial charge in [0.05, 0.1) is 16.4 Å². The maximum atomic E-state index is 6.33. The molecule has 3 nitrogen and oxygen atoms in total. The quantitative estimate of drug-likeness (QED) is 0.934. The van der Waals surface area contributed by atoms with Gasteiger partial charge in [0.15, 0.2) is 0 Å². The third kappa shape index (κ3) is 3.47. The molecule has 0 saturated heterocycles. The van der Waals surface area contributed by atoms with Crippen LogP contribution in [0.4, 0.5) is 0 Å². The zero-order valence-electron chi connectivity index (χ0n) is 13.4. The molecule has 0 amide bonds. The van der Waals surface area contributed by atoms with Crippen molar-refractivity contribution in [1.29, 1.82) is 0 Å². The van der Waals surface area contributed by atoms with Crippen LogP contribution in [0.1, 0.15) is 49.3 Å². The van der Waals surface area contributed by atoms with Crippen LogP contribution in [-0.4, -0.2) is 9.78 Å². The minimum Gasteiger partial charge on any atom is -0.324 e. The zero-order chi connectivity index (χ0) is 15.8. The van der Waals surface area contributed by atoms with Gasteiger partial charge < -0.3 is 5.73 Å². The first-order chi connectivity index (χ1) is 9.70. The average Bonchev–Trinajstić information content (AvgIpc) is 2.64. The van der Waals surface area contributed by atoms with Crippen LogP contribution in [0.25, 0.3) is 0 Å². The molecule has 1 heterocycles. The van der Waals surface area contributed by atoms with Gasteiger partial charge in [0.1, 0.15) is 0 Å². The van der Waals surface area contributed by atoms with E-state index in [1.165, 1.54) is 5.56 Å². The number of hydrogen-bond donors (Lipinski definition) is 1. The summed E-state index contributed by atoms with van der Waals surface area (Å²) < 4.78 is 1.82. The Kier molecular flexibility index (Phi) is 4.45. The van der Waals surface area contributed by atoms with Crippen molar-refractivity contribution in [1.82, 2.24) is 9.78 Å². The molecule has 1 unspecified atom stereocenters. The molecule has 0 aliphatic heterocycles. The highest BCUT2D eigenvalue weighted by molar-refractivity contribution is 6.31. The van der Waals surface area contributed by atoms with Gasteiger partial charge >= 0.3 is 0 Å². The van der Waals surface area contributed by atoms with Gasteiger partial charge in [0.25, 0.3) is 0 Å². The summed E-state index contributed by atoms with van der Waals surface area (Å²) in [5, 5.41) is 5.05. The largest absolute Gasteiger partial charge is 0.324 e. The van der Waals surface area contributed by atoms with Crippen LogP contribution < -0.4 is 5.73 Å². The summed E-state index contributed by atoms with van der Waals surface area (Å²) in [7, 11) is 1.91. The van der Waals surface area contributed by atoms with Crippen LogP contribution in [0.3, 0.4) is 0 Å². The van der Waals surface area contributed by atoms with Gasteiger partial charge in [-0.05, 0) is 23.5 Å². The predicted octanol–water partition coefficient (Wildman–Crippen LogP) is 3.92. The minimum atomic E-state index is -0.0775. The molecule has 2 rings (SSSR count). The lowest BCUT2D eigenvalue weighted by molar-refractivity contribution is 0.588. The summed E-state index contributed by atoms with van der Waals surface area (Å²) in [6.45, 7) is 8.54. The molecule has 0 fully saturated rings. The Morgan fingerprint density at radius 1 is 1.24 bits per heavy atom. The SMILES string of the molecule is Cc1nn(C)c(CC(N)c2ccc(C(C)(C)C)cc2)c1Cl. The smallest absolute Gasteiger partial charge is 0.0847 e. The fourth-order valence-corrected chi connectivity index (χ4v) is 2.70. The van der Waals surface area contributed by atoms with Crippen LogP contribution in [0.5, 0.6) is 0 Å². The van der Waals surface area contributed by atoms with E-state index in [1.54, 1.807) is 0 Å². The van der Waals surface area contributed by atoms with E-state index in [1.807, 2.05) is 18.7 Å². The molecule has 0 saturated carbocycles. The Morgan fingerprint density at radius 2 is 1.81 bits per heavy atom. The van der Waals surface area contributed by atoms with E-state index in [-0.39, 0.29) is 11.5 Å². The highest BCUT2D eigenvalue weighted by Crippen LogP contribution is 2.27. The Balaban J connectivity index is 2.19. The van der Waals surface area contributed by atoms with Gasteiger partial charge in [-0.3, -0.25) is 4.68 Å². The number of benzene rings is 1. The van der Waals surface area contributed by atoms with E-state index in [0.717, 1.165) is 22.0 Å². The third-order valence-electron chi connectivity index (χ3n) is 3.88. The van der Waals surface area contributed by atoms with Gasteiger partial charge in [-0.2, -0.15) is 5.10 Å². The first-order valence-electron chi connectivity index (χ1n) is 7.24. The van der Waals surface area contributed by atoms with Crippen molar-refractivity contribution < 1.29 is 0 Å². The van der Waals surface area contributed by atoms with Crippen molar-refractivity contribution in [2.75, 3.05) is 0 Å². The summed E-state index contributed by atoms with van der Waals surface area (Å²) >= 11 is 6.29. The van der Waals surface area contributed by atoms with E-state index < -0.39 is 0 Å². The number of aromatic nitrogens is 2. The van der Waals surface area contributed by atoms with Gasteiger partial charge in [0, 0.05) is 19.5 Å². The summed E-state index contributed by atoms with van der Waals surface area (Å²) in [5.41, 5.74) is 10.8. The lowest BCUT2D eigenvalue weighted by atomic mass is 9.86. The average molecular weight is 306 g/mol. The highest BCUT2D eigenvalue weighted by atomic mass is 35.5. The highest BCUT2D eigenvalue weighted by Gasteiger charge is 2.17. The third-order valence-corrected chi connectivity index (χ3v) is 4.37. The summed E-state index contributed by atoms with van der Waals surface area (Å²) in [5.74, 6) is 0. The molecule has 1 aromatic carbocycles. The van der Waals surface area contributed by atoms with Crippen LogP contribution >= 0.6 is 11.6 Å². The molecule has 1 atom stereocenters. The Labute approximate surface area is 132 Å². The van der Waals surface area contributed by atoms with Gasteiger partial charge in [0.2, 0.25) is 0 Å². The molecule has 0 radical (unpaired) electrons. The maximum Gasteiger partial charge on any atom is 0.0847 e. The van der Waals surface area contributed by atoms with Crippen molar-refractivity contribution in [2.24, 2.45) is 12.8 Å². The summed E-state index contributed by atoms with van der Waals surface area (Å²) in [4.78, 5) is 0. The van der Waals surface area contributed by atoms with Gasteiger partial charge in [-0.1, -0.05) is 56.6 Å². The monoisotopic (exact) mass is 305 g/mol. The number of rotatable bonds is 3. The van der Waals surface area contributed by atoms with Crippen LogP contribution in [-0.2, 0) is 18.9 Å². The normalized spacial score (nSPS) is 13.5. The molecule has 21 heavy (non-hydrogen) atoms. The number of halogens is 1. The van der Waals surface area contributed by atoms with Crippen molar-refractivity contribution in [3.05, 3.63) is 51.8 Å². The van der Waals surface area contributed by atoms with Crippen molar-refractivity contribution >= 4 is 11.6 Å². The Bertz CT molecular complexity index is 621. The molecular weight excluding hydrogens is 282 g/mol. The zero-order valence-corrected chi connectivity index (χ0v) is 14.2. The summed E-state index contributed by atoms with van der Waals surface area (Å²) in [6.07, 6.45) is 0.686. The lowest BCUT2D eigenvalue weighted by Gasteiger charge is -2.20. The topological polar surface area (TPSA) is 43.8 Å². The molecule has 0 aliphatic carbocycles. The second-order valence-electron chi connectivity index (χ2n) is 6.65. The standard InChI is InChI=1S/C17H24ClN3/c1-11-16(18)15(21(5)20-11)10-14(19)12-6-8-13(9-7-12)17(2,3)4/h6-9,14H,10,19H2,1-5H3. The van der Waals surface area contributed by atoms with Gasteiger partial charge in [-0.15, -0.1) is 0 Å². The molecule has 114 valence electrons. The maximum absolute atomic E-state index is 6.33. The number of nitrogens with two attached hydrogens (primary N) is 1. The van der Waals surface area contributed by atoms with E-state index in [0.29, 0.717) is 6.42 Å². The Hall–Kier alpha value is -1.32. The predicted molar refractivity (Wildman–Crippen MR) is 88.7 cm³/mol. The minimum absolute atomic E-state index is 0.0775. The van der Waals surface area contributed by atoms with E-state index in [2.05, 4.69) is 50.1 Å². The van der Waals surface area contributed by atoms with Crippen LogP contribution in [0, 0.1) is 6.92 Å². The first kappa shape index (κ1) is 16.1. The number of hydrogen-bond acceptors (Lipinski definition) is 2. The molecule has 4 heteroatoms. The summed E-state index contributed by atoms with van der Waals surface area (Å²) in [6, 6.07) is 8.47. The second-order valence-corrected chi connectivity index (χ2v) is 7.03. The molecule has 2 aromatic rings. The van der Waals surface area contributed by atoms with E-state index in [4.69, 9.17) is 17.3 Å². The molecule has 0 aliphatic rings. The van der Waals surface area contributed by atoms with Crippen molar-refractivity contribution in [3.8, 4) is 0 Å².